The highest BCUT2D eigenvalue weighted by atomic mass is 35.5. The minimum Gasteiger partial charge on any atom is -0.495 e. The van der Waals surface area contributed by atoms with Crippen LogP contribution in [-0.2, 0) is 4.79 Å². The Labute approximate surface area is 99.7 Å². The van der Waals surface area contributed by atoms with Crippen LogP contribution in [0.5, 0.6) is 5.75 Å². The topological polar surface area (TPSA) is 38.3 Å². The Balaban J connectivity index is 2.67. The number of halogens is 1. The zero-order chi connectivity index (χ0) is 12.0. The van der Waals surface area contributed by atoms with Crippen LogP contribution in [0.25, 0.3) is 0 Å². The maximum Gasteiger partial charge on any atom is 0.217 e. The number of rotatable bonds is 2. The largest absolute Gasteiger partial charge is 0.495 e. The smallest absolute Gasteiger partial charge is 0.217 e. The van der Waals surface area contributed by atoms with Gasteiger partial charge in [0, 0.05) is 12.5 Å². The van der Waals surface area contributed by atoms with E-state index in [1.54, 1.807) is 19.2 Å². The van der Waals surface area contributed by atoms with Gasteiger partial charge in [-0.2, -0.15) is 0 Å². The third kappa shape index (κ3) is 3.84. The molecule has 1 amide bonds. The fraction of sp³-hybridized carbons (Fsp3) is 0.250. The number of hydrogen-bond donors (Lipinski definition) is 1. The van der Waals surface area contributed by atoms with E-state index in [9.17, 15) is 4.79 Å². The van der Waals surface area contributed by atoms with Crippen LogP contribution in [-0.4, -0.2) is 19.6 Å². The highest BCUT2D eigenvalue weighted by Gasteiger charge is 1.99. The molecule has 1 rings (SSSR count). The molecular weight excluding hydrogens is 226 g/mol. The molecule has 0 bridgehead atoms. The number of nitrogens with one attached hydrogen (secondary N) is 1. The van der Waals surface area contributed by atoms with E-state index in [2.05, 4.69) is 17.2 Å². The van der Waals surface area contributed by atoms with Gasteiger partial charge in [-0.15, -0.1) is 0 Å². The van der Waals surface area contributed by atoms with E-state index in [0.29, 0.717) is 17.3 Å². The molecule has 0 aliphatic carbocycles. The van der Waals surface area contributed by atoms with Gasteiger partial charge in [0.1, 0.15) is 5.75 Å². The van der Waals surface area contributed by atoms with Gasteiger partial charge in [-0.3, -0.25) is 4.79 Å². The lowest BCUT2D eigenvalue weighted by Crippen LogP contribution is -2.19. The summed E-state index contributed by atoms with van der Waals surface area (Å²) in [6.45, 7) is 1.78. The van der Waals surface area contributed by atoms with Crippen molar-refractivity contribution < 1.29 is 9.53 Å². The number of benzene rings is 1. The molecule has 84 valence electrons. The van der Waals surface area contributed by atoms with Gasteiger partial charge < -0.3 is 10.1 Å². The van der Waals surface area contributed by atoms with E-state index in [1.807, 2.05) is 6.07 Å². The summed E-state index contributed by atoms with van der Waals surface area (Å²) in [6, 6.07) is 5.29. The second kappa shape index (κ2) is 6.04. The standard InChI is InChI=1S/C12H12ClNO2/c1-9(15)14-7-3-4-10-5-6-12(16-2)11(13)8-10/h5-6,8H,7H2,1-2H3,(H,14,15). The fourth-order valence-corrected chi connectivity index (χ4v) is 1.32. The molecule has 0 radical (unpaired) electrons. The van der Waals surface area contributed by atoms with E-state index >= 15 is 0 Å². The molecular formula is C12H12ClNO2. The number of carbonyl (C=O) groups is 1. The first kappa shape index (κ1) is 12.4. The van der Waals surface area contributed by atoms with Gasteiger partial charge in [0.15, 0.2) is 0 Å². The average molecular weight is 238 g/mol. The molecule has 1 N–H and O–H groups in total. The van der Waals surface area contributed by atoms with Crippen molar-refractivity contribution in [1.29, 1.82) is 0 Å². The lowest BCUT2D eigenvalue weighted by atomic mass is 10.2. The monoisotopic (exact) mass is 237 g/mol. The summed E-state index contributed by atoms with van der Waals surface area (Å²) in [5.74, 6) is 6.23. The molecule has 0 saturated carbocycles. The van der Waals surface area contributed by atoms with Gasteiger partial charge in [0.2, 0.25) is 5.91 Å². The molecule has 0 heterocycles. The fourth-order valence-electron chi connectivity index (χ4n) is 1.06. The SMILES string of the molecule is COc1ccc(C#CCNC(C)=O)cc1Cl. The second-order valence-corrected chi connectivity index (χ2v) is 3.47. The molecule has 0 fully saturated rings. The van der Waals surface area contributed by atoms with E-state index in [-0.39, 0.29) is 5.91 Å². The summed E-state index contributed by atoms with van der Waals surface area (Å²) in [5.41, 5.74) is 0.788. The highest BCUT2D eigenvalue weighted by Crippen LogP contribution is 2.24. The molecule has 4 heteroatoms. The maximum atomic E-state index is 10.6. The van der Waals surface area contributed by atoms with Gasteiger partial charge in [0.25, 0.3) is 0 Å². The van der Waals surface area contributed by atoms with Crippen LogP contribution in [0.3, 0.4) is 0 Å². The lowest BCUT2D eigenvalue weighted by Gasteiger charge is -2.01. The average Bonchev–Trinajstić information content (AvgIpc) is 2.24. The molecule has 16 heavy (non-hydrogen) atoms. The minimum atomic E-state index is -0.0953. The summed E-state index contributed by atoms with van der Waals surface area (Å²) in [4.78, 5) is 10.6. The van der Waals surface area contributed by atoms with Gasteiger partial charge in [-0.05, 0) is 18.2 Å². The summed E-state index contributed by atoms with van der Waals surface area (Å²) < 4.78 is 5.02. The van der Waals surface area contributed by atoms with E-state index in [0.717, 1.165) is 5.56 Å². The van der Waals surface area contributed by atoms with Crippen LogP contribution in [0.4, 0.5) is 0 Å². The van der Waals surface area contributed by atoms with Gasteiger partial charge in [-0.1, -0.05) is 23.4 Å². The summed E-state index contributed by atoms with van der Waals surface area (Å²) in [5, 5.41) is 3.10. The van der Waals surface area contributed by atoms with Crippen LogP contribution < -0.4 is 10.1 Å². The van der Waals surface area contributed by atoms with Crippen molar-refractivity contribution in [2.24, 2.45) is 0 Å². The molecule has 0 spiro atoms. The zero-order valence-electron chi connectivity index (χ0n) is 9.13. The first-order chi connectivity index (χ1) is 7.63. The van der Waals surface area contributed by atoms with E-state index < -0.39 is 0 Å². The van der Waals surface area contributed by atoms with Crippen LogP contribution in [0.15, 0.2) is 18.2 Å². The Morgan fingerprint density at radius 1 is 1.56 bits per heavy atom. The highest BCUT2D eigenvalue weighted by molar-refractivity contribution is 6.32. The number of carbonyl (C=O) groups excluding carboxylic acids is 1. The van der Waals surface area contributed by atoms with Gasteiger partial charge >= 0.3 is 0 Å². The third-order valence-electron chi connectivity index (χ3n) is 1.81. The van der Waals surface area contributed by atoms with Crippen molar-refractivity contribution in [1.82, 2.24) is 5.32 Å². The Hall–Kier alpha value is -1.66. The molecule has 1 aromatic carbocycles. The first-order valence-corrected chi connectivity index (χ1v) is 5.08. The normalized spacial score (nSPS) is 8.94. The predicted octanol–water partition coefficient (Wildman–Crippen LogP) is 1.84. The van der Waals surface area contributed by atoms with Crippen molar-refractivity contribution in [3.63, 3.8) is 0 Å². The first-order valence-electron chi connectivity index (χ1n) is 4.70. The lowest BCUT2D eigenvalue weighted by molar-refractivity contribution is -0.118. The quantitative estimate of drug-likeness (QED) is 0.797. The zero-order valence-corrected chi connectivity index (χ0v) is 9.89. The molecule has 1 aromatic rings. The Kier molecular flexibility index (Phi) is 4.68. The van der Waals surface area contributed by atoms with Crippen molar-refractivity contribution in [3.8, 4) is 17.6 Å². The molecule has 3 nitrogen and oxygen atoms in total. The number of amides is 1. The third-order valence-corrected chi connectivity index (χ3v) is 2.11. The maximum absolute atomic E-state index is 10.6. The number of hydrogen-bond acceptors (Lipinski definition) is 2. The van der Waals surface area contributed by atoms with Crippen LogP contribution in [0.2, 0.25) is 5.02 Å². The van der Waals surface area contributed by atoms with Crippen LogP contribution in [0, 0.1) is 11.8 Å². The van der Waals surface area contributed by atoms with E-state index in [4.69, 9.17) is 16.3 Å². The summed E-state index contributed by atoms with van der Waals surface area (Å²) in [7, 11) is 1.56. The van der Waals surface area contributed by atoms with Crippen molar-refractivity contribution >= 4 is 17.5 Å². The second-order valence-electron chi connectivity index (χ2n) is 3.06. The van der Waals surface area contributed by atoms with E-state index in [1.165, 1.54) is 6.92 Å². The molecule has 0 unspecified atom stereocenters. The van der Waals surface area contributed by atoms with Crippen molar-refractivity contribution in [3.05, 3.63) is 28.8 Å². The molecule has 0 aromatic heterocycles. The predicted molar refractivity (Wildman–Crippen MR) is 63.6 cm³/mol. The van der Waals surface area contributed by atoms with Crippen LogP contribution in [0.1, 0.15) is 12.5 Å². The number of methoxy groups -OCH3 is 1. The molecule has 0 aliphatic rings. The van der Waals surface area contributed by atoms with Gasteiger partial charge in [-0.25, -0.2) is 0 Å². The summed E-state index contributed by atoms with van der Waals surface area (Å²) in [6.07, 6.45) is 0. The molecule has 0 aliphatic heterocycles. The Bertz CT molecular complexity index is 446. The number of ether oxygens (including phenoxy) is 1. The molecule has 0 atom stereocenters. The van der Waals surface area contributed by atoms with Crippen LogP contribution >= 0.6 is 11.6 Å². The molecule has 0 saturated heterocycles. The van der Waals surface area contributed by atoms with Crippen molar-refractivity contribution in [2.75, 3.05) is 13.7 Å². The van der Waals surface area contributed by atoms with Gasteiger partial charge in [0.05, 0.1) is 18.7 Å². The minimum absolute atomic E-state index is 0.0953. The Morgan fingerprint density at radius 3 is 2.88 bits per heavy atom. The summed E-state index contributed by atoms with van der Waals surface area (Å²) >= 11 is 5.93. The van der Waals surface area contributed by atoms with Crippen molar-refractivity contribution in [2.45, 2.75) is 6.92 Å². The Morgan fingerprint density at radius 2 is 2.31 bits per heavy atom.